The molecule has 0 bridgehead atoms. The molecule has 0 saturated carbocycles. The second-order valence-electron chi connectivity index (χ2n) is 8.79. The van der Waals surface area contributed by atoms with E-state index in [0.717, 1.165) is 22.6 Å². The van der Waals surface area contributed by atoms with Gasteiger partial charge in [0.1, 0.15) is 12.2 Å². The second kappa shape index (κ2) is 20.5. The Hall–Kier alpha value is -0.340. The van der Waals surface area contributed by atoms with Gasteiger partial charge in [-0.15, -0.1) is 47.0 Å². The minimum Gasteiger partial charge on any atom is -0.456 e. The van der Waals surface area contributed by atoms with Crippen LogP contribution in [0.5, 0.6) is 0 Å². The summed E-state index contributed by atoms with van der Waals surface area (Å²) in [4.78, 5) is 23.6. The highest BCUT2D eigenvalue weighted by Crippen LogP contribution is 2.35. The van der Waals surface area contributed by atoms with Crippen LogP contribution < -0.4 is 0 Å². The number of benzene rings is 1. The number of esters is 2. The lowest BCUT2D eigenvalue weighted by molar-refractivity contribution is -0.145. The number of hydrogen-bond donors (Lipinski definition) is 0. The number of rotatable bonds is 20. The van der Waals surface area contributed by atoms with Gasteiger partial charge in [-0.3, -0.25) is 0 Å². The van der Waals surface area contributed by atoms with Crippen LogP contribution in [0.3, 0.4) is 0 Å². The topological polar surface area (TPSA) is 71.1 Å². The number of hydrogen-bond acceptors (Lipinski definition) is 12. The minimum absolute atomic E-state index is 0.322. The molecule has 3 rings (SSSR count). The average Bonchev–Trinajstić information content (AvgIpc) is 3.68. The van der Waals surface area contributed by atoms with E-state index in [2.05, 4.69) is 13.2 Å². The first-order valence-electron chi connectivity index (χ1n) is 13.1. The molecule has 0 aliphatic carbocycles. The van der Waals surface area contributed by atoms with Crippen LogP contribution in [0, 0.1) is 0 Å². The summed E-state index contributed by atoms with van der Waals surface area (Å²) in [5.74, 6) is 7.43. The van der Waals surface area contributed by atoms with Gasteiger partial charge in [0.2, 0.25) is 0 Å². The molecule has 0 radical (unpaired) electrons. The number of carbonyl (C=O) groups is 2. The highest BCUT2D eigenvalue weighted by molar-refractivity contribution is 8.21. The quantitative estimate of drug-likeness (QED) is 0.122. The van der Waals surface area contributed by atoms with E-state index in [1.165, 1.54) is 35.2 Å². The van der Waals surface area contributed by atoms with Crippen LogP contribution in [-0.2, 0) is 41.8 Å². The Morgan fingerprint density at radius 1 is 0.800 bits per heavy atom. The molecule has 2 heterocycles. The smallest absolute Gasteiger partial charge is 0.330 e. The van der Waals surface area contributed by atoms with Gasteiger partial charge in [-0.1, -0.05) is 37.4 Å². The summed E-state index contributed by atoms with van der Waals surface area (Å²) in [6.07, 6.45) is 1.74. The highest BCUT2D eigenvalue weighted by atomic mass is 32.2. The van der Waals surface area contributed by atoms with Crippen molar-refractivity contribution in [1.82, 2.24) is 0 Å². The van der Waals surface area contributed by atoms with E-state index >= 15 is 0 Å². The van der Waals surface area contributed by atoms with Gasteiger partial charge in [-0.25, -0.2) is 9.59 Å². The van der Waals surface area contributed by atoms with Gasteiger partial charge in [0.15, 0.2) is 0 Å². The fourth-order valence-electron chi connectivity index (χ4n) is 3.68. The second-order valence-corrected chi connectivity index (χ2v) is 16.8. The maximum Gasteiger partial charge on any atom is 0.330 e. The van der Waals surface area contributed by atoms with Crippen molar-refractivity contribution >= 4 is 82.5 Å². The third-order valence-corrected chi connectivity index (χ3v) is 14.8. The summed E-state index contributed by atoms with van der Waals surface area (Å²) < 4.78 is 24.1. The number of carbonyl (C=O) groups excluding carboxylic acids is 2. The Morgan fingerprint density at radius 3 is 1.62 bits per heavy atom. The normalized spacial score (nSPS) is 17.4. The zero-order valence-electron chi connectivity index (χ0n) is 22.6. The van der Waals surface area contributed by atoms with Gasteiger partial charge in [-0.2, -0.15) is 23.5 Å². The molecule has 0 aromatic heterocycles. The molecular formula is C28H38O6S6. The van der Waals surface area contributed by atoms with E-state index in [4.69, 9.17) is 18.9 Å². The molecule has 40 heavy (non-hydrogen) atoms. The minimum atomic E-state index is -0.426. The average molecular weight is 663 g/mol. The molecule has 0 amide bonds. The molecule has 2 fully saturated rings. The Balaban J connectivity index is 1.40. The maximum atomic E-state index is 11.8. The fraction of sp³-hybridized carbons (Fsp3) is 0.571. The first-order valence-corrected chi connectivity index (χ1v) is 19.6. The van der Waals surface area contributed by atoms with Crippen molar-refractivity contribution in [3.8, 4) is 0 Å². The zero-order valence-corrected chi connectivity index (χ0v) is 27.5. The van der Waals surface area contributed by atoms with Crippen molar-refractivity contribution in [2.75, 3.05) is 59.2 Å². The van der Waals surface area contributed by atoms with Gasteiger partial charge in [0.25, 0.3) is 0 Å². The van der Waals surface area contributed by atoms with E-state index in [1.54, 1.807) is 23.5 Å². The van der Waals surface area contributed by atoms with Crippen LogP contribution in [-0.4, -0.2) is 92.5 Å². The van der Waals surface area contributed by atoms with Crippen LogP contribution in [0.25, 0.3) is 0 Å². The molecule has 222 valence electrons. The molecule has 2 aliphatic heterocycles. The number of thioether (sulfide) groups is 6. The van der Waals surface area contributed by atoms with Crippen LogP contribution in [0.2, 0.25) is 0 Å². The van der Waals surface area contributed by atoms with Gasteiger partial charge in [0, 0.05) is 58.2 Å². The van der Waals surface area contributed by atoms with Crippen molar-refractivity contribution in [3.63, 3.8) is 0 Å². The van der Waals surface area contributed by atoms with Crippen LogP contribution in [0.4, 0.5) is 0 Å². The Bertz CT molecular complexity index is 853. The Morgan fingerprint density at radius 2 is 1.23 bits per heavy atom. The molecule has 12 heteroatoms. The van der Waals surface area contributed by atoms with Gasteiger partial charge in [-0.05, 0) is 11.1 Å². The van der Waals surface area contributed by atoms with Crippen LogP contribution in [0.1, 0.15) is 11.1 Å². The first kappa shape index (κ1) is 34.2. The van der Waals surface area contributed by atoms with Crippen molar-refractivity contribution in [2.24, 2.45) is 0 Å². The van der Waals surface area contributed by atoms with E-state index in [-0.39, 0.29) is 12.2 Å². The van der Waals surface area contributed by atoms with Crippen molar-refractivity contribution in [3.05, 3.63) is 60.7 Å². The Kier molecular flexibility index (Phi) is 17.5. The lowest BCUT2D eigenvalue weighted by atomic mass is 10.1. The summed E-state index contributed by atoms with van der Waals surface area (Å²) >= 11 is 11.6. The highest BCUT2D eigenvalue weighted by Gasteiger charge is 2.20. The van der Waals surface area contributed by atoms with Crippen molar-refractivity contribution < 1.29 is 28.5 Å². The predicted octanol–water partition coefficient (Wildman–Crippen LogP) is 5.99. The molecule has 2 unspecified atom stereocenters. The van der Waals surface area contributed by atoms with Gasteiger partial charge in [0.05, 0.1) is 35.6 Å². The van der Waals surface area contributed by atoms with Crippen molar-refractivity contribution in [2.45, 2.75) is 34.6 Å². The summed E-state index contributed by atoms with van der Waals surface area (Å²) in [7, 11) is 0. The predicted molar refractivity (Wildman–Crippen MR) is 178 cm³/mol. The third-order valence-electron chi connectivity index (χ3n) is 5.53. The molecule has 2 saturated heterocycles. The van der Waals surface area contributed by atoms with Crippen molar-refractivity contribution in [1.29, 1.82) is 0 Å². The monoisotopic (exact) mass is 662 g/mol. The number of ether oxygens (including phenoxy) is 4. The molecule has 6 nitrogen and oxygen atoms in total. The van der Waals surface area contributed by atoms with Crippen LogP contribution in [0.15, 0.2) is 49.6 Å². The van der Waals surface area contributed by atoms with Crippen LogP contribution >= 0.6 is 70.6 Å². The van der Waals surface area contributed by atoms with E-state index in [1.807, 2.05) is 71.3 Å². The molecule has 0 N–H and O–H groups in total. The summed E-state index contributed by atoms with van der Waals surface area (Å²) in [6.45, 7) is 8.47. The molecule has 0 spiro atoms. The maximum absolute atomic E-state index is 11.8. The lowest BCUT2D eigenvalue weighted by Crippen LogP contribution is -2.26. The summed E-state index contributed by atoms with van der Waals surface area (Å²) in [5, 5.41) is 0. The first-order chi connectivity index (χ1) is 19.6. The summed E-state index contributed by atoms with van der Waals surface area (Å²) in [6, 6.07) is 8.02. The molecule has 2 atom stereocenters. The zero-order chi connectivity index (χ0) is 28.4. The van der Waals surface area contributed by atoms with E-state index in [0.29, 0.717) is 47.1 Å². The summed E-state index contributed by atoms with van der Waals surface area (Å²) in [5.41, 5.74) is 2.02. The standard InChI is InChI=1S/C28H38O6S6/c1-3-25(29)33-23(17-35-19-27-37-8-9-38-27)15-31-13-21-6-5-7-22(12-21)14-32-16-24(34-26(30)4-2)18-36-20-28-39-10-11-40-28/h3-7,12,23-24,27-28H,1-2,8-11,13-20H2. The third kappa shape index (κ3) is 14.2. The molecule has 1 aromatic rings. The molecule has 2 aliphatic rings. The van der Waals surface area contributed by atoms with E-state index < -0.39 is 11.9 Å². The SMILES string of the molecule is C=CC(=O)OC(COCc1cccc(COCC(CSCC2SCCS2)OC(=O)C=C)c1)CSCC1SCCS1. The lowest BCUT2D eigenvalue weighted by Gasteiger charge is -2.18. The largest absolute Gasteiger partial charge is 0.456 e. The van der Waals surface area contributed by atoms with E-state index in [9.17, 15) is 9.59 Å². The fourth-order valence-corrected chi connectivity index (χ4v) is 12.4. The van der Waals surface area contributed by atoms with Gasteiger partial charge < -0.3 is 18.9 Å². The molecular weight excluding hydrogens is 625 g/mol. The van der Waals surface area contributed by atoms with Gasteiger partial charge >= 0.3 is 11.9 Å². The molecule has 1 aromatic carbocycles. The Labute approximate surface area is 264 Å².